The zero-order chi connectivity index (χ0) is 10.6. The quantitative estimate of drug-likeness (QED) is 0.654. The third kappa shape index (κ3) is 3.60. The molecule has 0 fully saturated rings. The molecule has 0 aromatic heterocycles. The van der Waals surface area contributed by atoms with Gasteiger partial charge in [0.1, 0.15) is 8.24 Å². The molecule has 0 aliphatic rings. The lowest BCUT2D eigenvalue weighted by Crippen LogP contribution is -2.55. The lowest BCUT2D eigenvalue weighted by Gasteiger charge is -2.33. The Labute approximate surface area is 84.6 Å². The average Bonchev–Trinajstić information content (AvgIpc) is 2.03. The molecule has 0 aliphatic carbocycles. The van der Waals surface area contributed by atoms with Crippen LogP contribution in [-0.4, -0.2) is 46.2 Å². The summed E-state index contributed by atoms with van der Waals surface area (Å²) in [4.78, 5) is 0. The zero-order valence-electron chi connectivity index (χ0n) is 9.72. The highest BCUT2D eigenvalue weighted by molar-refractivity contribution is 6.79. The van der Waals surface area contributed by atoms with Crippen molar-refractivity contribution in [2.45, 2.75) is 33.5 Å². The van der Waals surface area contributed by atoms with E-state index in [1.165, 1.54) is 0 Å². The topological polar surface area (TPSA) is 23.6 Å². The Bertz CT molecular complexity index is 175. The van der Waals surface area contributed by atoms with E-state index in [0.717, 1.165) is 13.1 Å². The van der Waals surface area contributed by atoms with Crippen LogP contribution in [0, 0.1) is 0 Å². The first-order valence-corrected chi connectivity index (χ1v) is 9.62. The molecule has 0 heterocycles. The van der Waals surface area contributed by atoms with Crippen molar-refractivity contribution in [3.63, 3.8) is 0 Å². The van der Waals surface area contributed by atoms with Crippen molar-refractivity contribution in [3.05, 3.63) is 0 Å². The van der Waals surface area contributed by atoms with Crippen LogP contribution in [0.3, 0.4) is 0 Å². The highest BCUT2D eigenvalue weighted by Gasteiger charge is 2.29. The molecule has 0 aliphatic heterocycles. The molecule has 5 heteroatoms. The Morgan fingerprint density at radius 3 is 1.77 bits per heavy atom. The summed E-state index contributed by atoms with van der Waals surface area (Å²) in [5.41, 5.74) is 0. The average molecular weight is 218 g/mol. The van der Waals surface area contributed by atoms with E-state index >= 15 is 0 Å². The Balaban J connectivity index is 4.41. The van der Waals surface area contributed by atoms with Crippen LogP contribution in [0.1, 0.15) is 13.8 Å². The second kappa shape index (κ2) is 4.90. The van der Waals surface area contributed by atoms with Gasteiger partial charge in [0.25, 0.3) is 0 Å². The van der Waals surface area contributed by atoms with Crippen LogP contribution in [0.5, 0.6) is 0 Å². The number of hydrogen-bond acceptors (Lipinski definition) is 1. The monoisotopic (exact) mass is 218 g/mol. The van der Waals surface area contributed by atoms with Crippen LogP contribution < -0.4 is 0 Å². The Hall–Kier alpha value is -0.166. The summed E-state index contributed by atoms with van der Waals surface area (Å²) in [7, 11) is -1.09. The van der Waals surface area contributed by atoms with Crippen molar-refractivity contribution < 1.29 is 4.46 Å². The van der Waals surface area contributed by atoms with E-state index < -0.39 is 17.2 Å². The van der Waals surface area contributed by atoms with Gasteiger partial charge in [-0.05, 0) is 20.9 Å². The molecule has 0 radical (unpaired) electrons. The first-order chi connectivity index (χ1) is 5.84. The Kier molecular flexibility index (Phi) is 4.84. The van der Waals surface area contributed by atoms with Gasteiger partial charge in [0.15, 0.2) is 0 Å². The first-order valence-electron chi connectivity index (χ1n) is 4.87. The van der Waals surface area contributed by atoms with Gasteiger partial charge in [0, 0.05) is 13.1 Å². The maximum absolute atomic E-state index is 12.0. The standard InChI is InChI=1S/C8H22N2OSi2/c1-7-10(8-2)12(11)9(3)13(4,5)6/h7-8H2,1-6H3. The van der Waals surface area contributed by atoms with Gasteiger partial charge < -0.3 is 13.3 Å². The van der Waals surface area contributed by atoms with Gasteiger partial charge >= 0.3 is 9.01 Å². The molecule has 3 nitrogen and oxygen atoms in total. The van der Waals surface area contributed by atoms with Gasteiger partial charge in [-0.15, -0.1) is 0 Å². The first kappa shape index (κ1) is 12.8. The Morgan fingerprint density at radius 2 is 1.54 bits per heavy atom. The summed E-state index contributed by atoms with van der Waals surface area (Å²) in [6, 6.07) is 0. The SMILES string of the molecule is CCN(CC)[Si](=O)N(C)[Si](C)(C)C. The van der Waals surface area contributed by atoms with E-state index in [0.29, 0.717) is 0 Å². The van der Waals surface area contributed by atoms with Crippen molar-refractivity contribution in [2.24, 2.45) is 0 Å². The summed E-state index contributed by atoms with van der Waals surface area (Å²) in [6.07, 6.45) is 0. The number of nitrogens with zero attached hydrogens (tertiary/aromatic N) is 2. The predicted octanol–water partition coefficient (Wildman–Crippen LogP) is 1.51. The Morgan fingerprint density at radius 1 is 1.15 bits per heavy atom. The smallest absolute Gasteiger partial charge is 0.391 e. The molecule has 0 bridgehead atoms. The summed E-state index contributed by atoms with van der Waals surface area (Å²) in [6.45, 7) is 12.5. The molecule has 0 saturated heterocycles. The van der Waals surface area contributed by atoms with Gasteiger partial charge in [-0.3, -0.25) is 0 Å². The minimum absolute atomic E-state index is 0.878. The van der Waals surface area contributed by atoms with Crippen molar-refractivity contribution >= 4 is 17.2 Å². The molecule has 0 unspecified atom stereocenters. The molecule has 0 aromatic rings. The molecule has 0 amide bonds. The maximum Gasteiger partial charge on any atom is 0.512 e. The van der Waals surface area contributed by atoms with Crippen LogP contribution >= 0.6 is 0 Å². The molecular weight excluding hydrogens is 196 g/mol. The summed E-state index contributed by atoms with van der Waals surface area (Å²) in [5, 5.41) is 0. The van der Waals surface area contributed by atoms with Crippen molar-refractivity contribution in [1.82, 2.24) is 8.80 Å². The molecule has 0 aromatic carbocycles. The van der Waals surface area contributed by atoms with Gasteiger partial charge in [0.05, 0.1) is 0 Å². The zero-order valence-corrected chi connectivity index (χ0v) is 11.7. The fourth-order valence-electron chi connectivity index (χ4n) is 0.993. The normalized spacial score (nSPS) is 11.2. The van der Waals surface area contributed by atoms with Gasteiger partial charge in [0.2, 0.25) is 0 Å². The molecule has 78 valence electrons. The van der Waals surface area contributed by atoms with Crippen LogP contribution in [0.15, 0.2) is 0 Å². The van der Waals surface area contributed by atoms with E-state index in [2.05, 4.69) is 37.7 Å². The predicted molar refractivity (Wildman–Crippen MR) is 60.5 cm³/mol. The molecule has 0 N–H and O–H groups in total. The molecule has 0 atom stereocenters. The van der Waals surface area contributed by atoms with E-state index in [1.54, 1.807) is 0 Å². The minimum Gasteiger partial charge on any atom is -0.391 e. The summed E-state index contributed by atoms with van der Waals surface area (Å²) in [5.74, 6) is 0. The van der Waals surface area contributed by atoms with Crippen LogP contribution in [0.4, 0.5) is 0 Å². The van der Waals surface area contributed by atoms with Crippen LogP contribution in [0.25, 0.3) is 0 Å². The van der Waals surface area contributed by atoms with Crippen LogP contribution in [0.2, 0.25) is 19.6 Å². The largest absolute Gasteiger partial charge is 0.512 e. The third-order valence-corrected chi connectivity index (χ3v) is 8.67. The molecule has 0 spiro atoms. The summed E-state index contributed by atoms with van der Waals surface area (Å²) >= 11 is 0. The maximum atomic E-state index is 12.0. The van der Waals surface area contributed by atoms with E-state index in [1.807, 2.05) is 11.6 Å². The highest BCUT2D eigenvalue weighted by Crippen LogP contribution is 2.07. The third-order valence-electron chi connectivity index (χ3n) is 2.33. The molecule has 13 heavy (non-hydrogen) atoms. The van der Waals surface area contributed by atoms with Crippen molar-refractivity contribution in [3.8, 4) is 0 Å². The molecular formula is C8H22N2OSi2. The minimum atomic E-state index is -1.69. The van der Waals surface area contributed by atoms with Crippen molar-refractivity contribution in [1.29, 1.82) is 0 Å². The van der Waals surface area contributed by atoms with E-state index in [9.17, 15) is 4.46 Å². The highest BCUT2D eigenvalue weighted by atomic mass is 28.4. The van der Waals surface area contributed by atoms with Gasteiger partial charge in [-0.1, -0.05) is 19.6 Å². The van der Waals surface area contributed by atoms with E-state index in [4.69, 9.17) is 0 Å². The second-order valence-electron chi connectivity index (χ2n) is 4.18. The van der Waals surface area contributed by atoms with Gasteiger partial charge in [-0.25, -0.2) is 0 Å². The fourth-order valence-corrected chi connectivity index (χ4v) is 4.68. The van der Waals surface area contributed by atoms with E-state index in [-0.39, 0.29) is 0 Å². The van der Waals surface area contributed by atoms with Crippen molar-refractivity contribution in [2.75, 3.05) is 20.1 Å². The van der Waals surface area contributed by atoms with Gasteiger partial charge in [-0.2, -0.15) is 0 Å². The van der Waals surface area contributed by atoms with Crippen LogP contribution in [-0.2, 0) is 4.46 Å². The summed E-state index contributed by atoms with van der Waals surface area (Å²) < 4.78 is 16.2. The molecule has 0 saturated carbocycles. The fraction of sp³-hybridized carbons (Fsp3) is 1.00. The number of rotatable bonds is 5. The lowest BCUT2D eigenvalue weighted by molar-refractivity contribution is 0.383. The second-order valence-corrected chi connectivity index (χ2v) is 11.5. The lowest BCUT2D eigenvalue weighted by atomic mass is 10.7. The molecule has 0 rings (SSSR count). The number of hydrogen-bond donors (Lipinski definition) is 0.